The SMILES string of the molecule is Nc1cc(CN(CCO)C2CCC2)ccc1[N+](=O)[O-]. The van der Waals surface area contributed by atoms with E-state index in [0.29, 0.717) is 19.1 Å². The molecule has 0 bridgehead atoms. The summed E-state index contributed by atoms with van der Waals surface area (Å²) in [6, 6.07) is 5.35. The molecule has 0 aliphatic heterocycles. The highest BCUT2D eigenvalue weighted by Gasteiger charge is 2.24. The van der Waals surface area contributed by atoms with Gasteiger partial charge in [0.05, 0.1) is 11.5 Å². The van der Waals surface area contributed by atoms with Crippen molar-refractivity contribution in [1.29, 1.82) is 0 Å². The van der Waals surface area contributed by atoms with Gasteiger partial charge in [-0.1, -0.05) is 12.5 Å². The maximum Gasteiger partial charge on any atom is 0.292 e. The fraction of sp³-hybridized carbons (Fsp3) is 0.538. The molecule has 0 atom stereocenters. The van der Waals surface area contributed by atoms with Crippen LogP contribution >= 0.6 is 0 Å². The molecule has 0 aromatic heterocycles. The minimum absolute atomic E-state index is 0.0545. The molecule has 1 fully saturated rings. The Kier molecular flexibility index (Phi) is 4.34. The number of nitro benzene ring substituents is 1. The average molecular weight is 265 g/mol. The lowest BCUT2D eigenvalue weighted by Crippen LogP contribution is -2.41. The minimum Gasteiger partial charge on any atom is -0.395 e. The molecule has 19 heavy (non-hydrogen) atoms. The summed E-state index contributed by atoms with van der Waals surface area (Å²) < 4.78 is 0. The molecule has 0 heterocycles. The van der Waals surface area contributed by atoms with Gasteiger partial charge in [-0.05, 0) is 24.5 Å². The number of benzene rings is 1. The number of hydrogen-bond donors (Lipinski definition) is 2. The Morgan fingerprint density at radius 3 is 2.68 bits per heavy atom. The smallest absolute Gasteiger partial charge is 0.292 e. The highest BCUT2D eigenvalue weighted by atomic mass is 16.6. The standard InChI is InChI=1S/C13H19N3O3/c14-12-8-10(4-5-13(12)16(18)19)9-15(6-7-17)11-2-1-3-11/h4-5,8,11,17H,1-3,6-7,9,14H2. The summed E-state index contributed by atoms with van der Waals surface area (Å²) in [6.45, 7) is 1.42. The van der Waals surface area contributed by atoms with Crippen molar-refractivity contribution in [1.82, 2.24) is 4.90 Å². The first-order chi connectivity index (χ1) is 9.11. The van der Waals surface area contributed by atoms with Gasteiger partial charge in [0.15, 0.2) is 0 Å². The number of rotatable bonds is 6. The number of aliphatic hydroxyl groups excluding tert-OH is 1. The van der Waals surface area contributed by atoms with Crippen molar-refractivity contribution >= 4 is 11.4 Å². The number of nitro groups is 1. The van der Waals surface area contributed by atoms with Gasteiger partial charge in [0, 0.05) is 25.2 Å². The summed E-state index contributed by atoms with van der Waals surface area (Å²) >= 11 is 0. The number of nitrogens with zero attached hydrogens (tertiary/aromatic N) is 2. The molecule has 1 aliphatic rings. The summed E-state index contributed by atoms with van der Waals surface area (Å²) in [4.78, 5) is 12.4. The maximum absolute atomic E-state index is 10.7. The number of nitrogen functional groups attached to an aromatic ring is 1. The van der Waals surface area contributed by atoms with E-state index in [4.69, 9.17) is 10.8 Å². The third-order valence-corrected chi connectivity index (χ3v) is 3.65. The molecule has 1 aromatic carbocycles. The highest BCUT2D eigenvalue weighted by Crippen LogP contribution is 2.28. The Bertz CT molecular complexity index is 460. The monoisotopic (exact) mass is 265 g/mol. The van der Waals surface area contributed by atoms with Crippen LogP contribution < -0.4 is 5.73 Å². The first kappa shape index (κ1) is 13.8. The van der Waals surface area contributed by atoms with Crippen LogP contribution in [0.5, 0.6) is 0 Å². The van der Waals surface area contributed by atoms with E-state index < -0.39 is 4.92 Å². The lowest BCUT2D eigenvalue weighted by molar-refractivity contribution is -0.383. The molecule has 6 heteroatoms. The molecule has 6 nitrogen and oxygen atoms in total. The van der Waals surface area contributed by atoms with Crippen LogP contribution in [0.3, 0.4) is 0 Å². The Labute approximate surface area is 112 Å². The van der Waals surface area contributed by atoms with Crippen molar-refractivity contribution in [3.05, 3.63) is 33.9 Å². The van der Waals surface area contributed by atoms with Crippen molar-refractivity contribution in [3.63, 3.8) is 0 Å². The van der Waals surface area contributed by atoms with E-state index in [2.05, 4.69) is 4.90 Å². The third-order valence-electron chi connectivity index (χ3n) is 3.65. The molecular weight excluding hydrogens is 246 g/mol. The van der Waals surface area contributed by atoms with Crippen LogP contribution in [0.4, 0.5) is 11.4 Å². The number of aliphatic hydroxyl groups is 1. The summed E-state index contributed by atoms with van der Waals surface area (Å²) in [5, 5.41) is 19.8. The van der Waals surface area contributed by atoms with Gasteiger partial charge in [0.25, 0.3) is 5.69 Å². The zero-order valence-electron chi connectivity index (χ0n) is 10.8. The minimum atomic E-state index is -0.476. The first-order valence-electron chi connectivity index (χ1n) is 6.49. The fourth-order valence-electron chi connectivity index (χ4n) is 2.37. The largest absolute Gasteiger partial charge is 0.395 e. The lowest BCUT2D eigenvalue weighted by Gasteiger charge is -2.37. The predicted molar refractivity (Wildman–Crippen MR) is 72.6 cm³/mol. The summed E-state index contributed by atoms with van der Waals surface area (Å²) in [5.41, 5.74) is 6.77. The maximum atomic E-state index is 10.7. The van der Waals surface area contributed by atoms with E-state index in [1.54, 1.807) is 12.1 Å². The molecule has 104 valence electrons. The van der Waals surface area contributed by atoms with Crippen LogP contribution in [-0.2, 0) is 6.54 Å². The van der Waals surface area contributed by atoms with Crippen molar-refractivity contribution < 1.29 is 10.0 Å². The zero-order valence-corrected chi connectivity index (χ0v) is 10.8. The molecule has 0 spiro atoms. The van der Waals surface area contributed by atoms with Crippen LogP contribution in [0.25, 0.3) is 0 Å². The van der Waals surface area contributed by atoms with Crippen molar-refractivity contribution in [2.24, 2.45) is 0 Å². The molecular formula is C13H19N3O3. The number of nitrogens with two attached hydrogens (primary N) is 1. The van der Waals surface area contributed by atoms with E-state index in [9.17, 15) is 10.1 Å². The second kappa shape index (κ2) is 5.99. The van der Waals surface area contributed by atoms with Gasteiger partial charge in [-0.2, -0.15) is 0 Å². The normalized spacial score (nSPS) is 15.5. The van der Waals surface area contributed by atoms with Gasteiger partial charge in [0.2, 0.25) is 0 Å². The quantitative estimate of drug-likeness (QED) is 0.462. The van der Waals surface area contributed by atoms with Gasteiger partial charge in [-0.3, -0.25) is 15.0 Å². The van der Waals surface area contributed by atoms with Crippen molar-refractivity contribution in [2.45, 2.75) is 31.8 Å². The van der Waals surface area contributed by atoms with Gasteiger partial charge in [-0.15, -0.1) is 0 Å². The highest BCUT2D eigenvalue weighted by molar-refractivity contribution is 5.59. The van der Waals surface area contributed by atoms with Gasteiger partial charge in [0.1, 0.15) is 5.69 Å². The summed E-state index contributed by atoms with van der Waals surface area (Å²) in [5.74, 6) is 0. The lowest BCUT2D eigenvalue weighted by atomic mass is 9.91. The zero-order chi connectivity index (χ0) is 13.8. The van der Waals surface area contributed by atoms with Crippen LogP contribution in [0, 0.1) is 10.1 Å². The van der Waals surface area contributed by atoms with Gasteiger partial charge >= 0.3 is 0 Å². The molecule has 1 saturated carbocycles. The third kappa shape index (κ3) is 3.21. The van der Waals surface area contributed by atoms with Crippen LogP contribution in [-0.4, -0.2) is 34.1 Å². The number of anilines is 1. The first-order valence-corrected chi connectivity index (χ1v) is 6.49. The molecule has 1 aliphatic carbocycles. The van der Waals surface area contributed by atoms with Crippen molar-refractivity contribution in [2.75, 3.05) is 18.9 Å². The van der Waals surface area contributed by atoms with Gasteiger partial charge < -0.3 is 10.8 Å². The van der Waals surface area contributed by atoms with E-state index in [0.717, 1.165) is 18.4 Å². The second-order valence-electron chi connectivity index (χ2n) is 4.93. The van der Waals surface area contributed by atoms with E-state index >= 15 is 0 Å². The van der Waals surface area contributed by atoms with Crippen LogP contribution in [0.1, 0.15) is 24.8 Å². The summed E-state index contributed by atoms with van der Waals surface area (Å²) in [7, 11) is 0. The molecule has 0 radical (unpaired) electrons. The number of hydrogen-bond acceptors (Lipinski definition) is 5. The molecule has 3 N–H and O–H groups in total. The Morgan fingerprint density at radius 1 is 1.47 bits per heavy atom. The molecule has 0 saturated heterocycles. The topological polar surface area (TPSA) is 92.6 Å². The Balaban J connectivity index is 2.08. The molecule has 1 aromatic rings. The Hall–Kier alpha value is -1.66. The van der Waals surface area contributed by atoms with Crippen LogP contribution in [0.15, 0.2) is 18.2 Å². The molecule has 0 unspecified atom stereocenters. The average Bonchev–Trinajstić information content (AvgIpc) is 2.26. The molecule has 2 rings (SSSR count). The van der Waals surface area contributed by atoms with Crippen molar-refractivity contribution in [3.8, 4) is 0 Å². The second-order valence-corrected chi connectivity index (χ2v) is 4.93. The predicted octanol–water partition coefficient (Wildman–Crippen LogP) is 1.52. The fourth-order valence-corrected chi connectivity index (χ4v) is 2.37. The summed E-state index contributed by atoms with van der Waals surface area (Å²) in [6.07, 6.45) is 3.54. The van der Waals surface area contributed by atoms with Crippen LogP contribution in [0.2, 0.25) is 0 Å². The van der Waals surface area contributed by atoms with E-state index in [-0.39, 0.29) is 18.0 Å². The molecule has 0 amide bonds. The Morgan fingerprint density at radius 2 is 2.21 bits per heavy atom. The van der Waals surface area contributed by atoms with E-state index in [1.165, 1.54) is 12.5 Å². The van der Waals surface area contributed by atoms with E-state index in [1.807, 2.05) is 0 Å². The van der Waals surface area contributed by atoms with Gasteiger partial charge in [-0.25, -0.2) is 0 Å².